The van der Waals surface area contributed by atoms with E-state index in [9.17, 15) is 13.2 Å². The highest BCUT2D eigenvalue weighted by atomic mass is 35.5. The summed E-state index contributed by atoms with van der Waals surface area (Å²) in [5.74, 6) is 0.562. The predicted octanol–water partition coefficient (Wildman–Crippen LogP) is 4.52. The Morgan fingerprint density at radius 1 is 1.30 bits per heavy atom. The van der Waals surface area contributed by atoms with Gasteiger partial charge in [-0.3, -0.25) is 0 Å². The fraction of sp³-hybridized carbons (Fsp3) is 0.462. The zero-order valence-electron chi connectivity index (χ0n) is 10.3. The number of imidazole rings is 1. The second-order valence-corrected chi connectivity index (χ2v) is 5.72. The summed E-state index contributed by atoms with van der Waals surface area (Å²) in [5.41, 5.74) is -1.01. The van der Waals surface area contributed by atoms with Gasteiger partial charge in [-0.15, -0.1) is 11.6 Å². The molecule has 20 heavy (non-hydrogen) atoms. The molecule has 1 heterocycles. The van der Waals surface area contributed by atoms with E-state index in [0.717, 1.165) is 0 Å². The summed E-state index contributed by atoms with van der Waals surface area (Å²) >= 11 is 11.7. The van der Waals surface area contributed by atoms with Crippen LogP contribution in [0, 0.1) is 0 Å². The van der Waals surface area contributed by atoms with Crippen LogP contribution in [0.3, 0.4) is 0 Å². The Balaban J connectivity index is 2.28. The fourth-order valence-electron chi connectivity index (χ4n) is 2.60. The summed E-state index contributed by atoms with van der Waals surface area (Å²) in [6, 6.07) is 4.89. The molecule has 2 aromatic rings. The lowest BCUT2D eigenvalue weighted by molar-refractivity contribution is -0.179. The van der Waals surface area contributed by atoms with Crippen LogP contribution in [0.2, 0.25) is 5.02 Å². The summed E-state index contributed by atoms with van der Waals surface area (Å²) in [4.78, 5) is 4.27. The molecule has 0 N–H and O–H groups in total. The largest absolute Gasteiger partial charge is 0.412 e. The summed E-state index contributed by atoms with van der Waals surface area (Å²) in [7, 11) is 0. The van der Waals surface area contributed by atoms with Crippen molar-refractivity contribution >= 4 is 34.2 Å². The molecule has 108 valence electrons. The number of benzene rings is 1. The first kappa shape index (κ1) is 14.0. The van der Waals surface area contributed by atoms with Crippen LogP contribution in [-0.2, 0) is 12.0 Å². The molecule has 1 aromatic carbocycles. The first-order chi connectivity index (χ1) is 9.40. The van der Waals surface area contributed by atoms with E-state index < -0.39 is 11.7 Å². The Kier molecular flexibility index (Phi) is 3.18. The molecule has 0 spiro atoms. The predicted molar refractivity (Wildman–Crippen MR) is 72.4 cm³/mol. The molecular formula is C13H11Cl2F3N2. The van der Waals surface area contributed by atoms with E-state index in [0.29, 0.717) is 21.9 Å². The monoisotopic (exact) mass is 322 g/mol. The number of fused-ring (bicyclic) bond motifs is 1. The Hall–Kier alpha value is -0.940. The van der Waals surface area contributed by atoms with Crippen molar-refractivity contribution in [2.45, 2.75) is 31.0 Å². The number of nitrogens with zero attached hydrogens (tertiary/aromatic N) is 2. The van der Waals surface area contributed by atoms with Gasteiger partial charge in [0, 0.05) is 12.3 Å². The maximum Gasteiger partial charge on any atom is 0.412 e. The van der Waals surface area contributed by atoms with Gasteiger partial charge < -0.3 is 4.57 Å². The summed E-state index contributed by atoms with van der Waals surface area (Å²) < 4.78 is 41.5. The quantitative estimate of drug-likeness (QED) is 0.759. The van der Waals surface area contributed by atoms with Crippen LogP contribution >= 0.6 is 23.2 Å². The van der Waals surface area contributed by atoms with Crippen molar-refractivity contribution in [3.63, 3.8) is 0 Å². The van der Waals surface area contributed by atoms with Crippen LogP contribution in [-0.4, -0.2) is 21.6 Å². The number of halogens is 5. The Morgan fingerprint density at radius 3 is 2.55 bits per heavy atom. The van der Waals surface area contributed by atoms with Gasteiger partial charge >= 0.3 is 6.18 Å². The van der Waals surface area contributed by atoms with E-state index in [-0.39, 0.29) is 25.1 Å². The highest BCUT2D eigenvalue weighted by Crippen LogP contribution is 2.57. The zero-order valence-corrected chi connectivity index (χ0v) is 11.9. The van der Waals surface area contributed by atoms with Crippen LogP contribution in [0.5, 0.6) is 0 Å². The van der Waals surface area contributed by atoms with E-state index in [1.807, 2.05) is 0 Å². The lowest BCUT2D eigenvalue weighted by atomic mass is 10.2. The lowest BCUT2D eigenvalue weighted by Gasteiger charge is -2.23. The number of rotatable bonds is 3. The number of aromatic nitrogens is 2. The minimum atomic E-state index is -4.30. The smallest absolute Gasteiger partial charge is 0.312 e. The highest BCUT2D eigenvalue weighted by Gasteiger charge is 2.65. The third kappa shape index (κ3) is 1.91. The summed E-state index contributed by atoms with van der Waals surface area (Å²) in [5, 5.41) is 0.357. The average Bonchev–Trinajstić information content (AvgIpc) is 3.08. The van der Waals surface area contributed by atoms with E-state index in [2.05, 4.69) is 4.98 Å². The van der Waals surface area contributed by atoms with Gasteiger partial charge in [0.15, 0.2) is 0 Å². The number of hydrogen-bond acceptors (Lipinski definition) is 1. The van der Waals surface area contributed by atoms with Crippen LogP contribution in [0.15, 0.2) is 18.2 Å². The first-order valence-electron chi connectivity index (χ1n) is 6.20. The summed E-state index contributed by atoms with van der Waals surface area (Å²) in [6.07, 6.45) is -3.87. The van der Waals surface area contributed by atoms with Crippen molar-refractivity contribution in [3.05, 3.63) is 29.0 Å². The van der Waals surface area contributed by atoms with Crippen molar-refractivity contribution in [1.82, 2.24) is 9.55 Å². The Morgan fingerprint density at radius 2 is 2.00 bits per heavy atom. The van der Waals surface area contributed by atoms with Gasteiger partial charge in [-0.1, -0.05) is 17.7 Å². The second-order valence-electron chi connectivity index (χ2n) is 4.94. The molecule has 0 radical (unpaired) electrons. The maximum absolute atomic E-state index is 13.4. The molecule has 3 rings (SSSR count). The highest BCUT2D eigenvalue weighted by molar-refractivity contribution is 6.34. The molecule has 1 fully saturated rings. The molecule has 1 aliphatic carbocycles. The normalized spacial score (nSPS) is 17.6. The molecule has 0 bridgehead atoms. The first-order valence-corrected chi connectivity index (χ1v) is 7.11. The van der Waals surface area contributed by atoms with Gasteiger partial charge in [-0.25, -0.2) is 4.98 Å². The summed E-state index contributed by atoms with van der Waals surface area (Å²) in [6.45, 7) is 0. The van der Waals surface area contributed by atoms with Gasteiger partial charge in [-0.2, -0.15) is 13.2 Å². The van der Waals surface area contributed by atoms with E-state index in [4.69, 9.17) is 23.2 Å². The van der Waals surface area contributed by atoms with Crippen LogP contribution in [0.1, 0.15) is 18.7 Å². The molecule has 0 amide bonds. The standard InChI is InChI=1S/C13H11Cl2F3N2/c14-7-4-10-19-11-8(15)2-1-3-9(11)20(10)12(5-6-12)13(16,17)18/h1-3H,4-7H2. The van der Waals surface area contributed by atoms with Gasteiger partial charge in [0.05, 0.1) is 10.5 Å². The van der Waals surface area contributed by atoms with E-state index in [1.54, 1.807) is 18.2 Å². The minimum absolute atomic E-state index is 0.0732. The third-order valence-corrected chi connectivity index (χ3v) is 4.20. The minimum Gasteiger partial charge on any atom is -0.312 e. The van der Waals surface area contributed by atoms with Crippen molar-refractivity contribution in [3.8, 4) is 0 Å². The molecule has 0 saturated heterocycles. The number of para-hydroxylation sites is 1. The molecule has 1 aromatic heterocycles. The fourth-order valence-corrected chi connectivity index (χ4v) is 2.98. The van der Waals surface area contributed by atoms with Crippen molar-refractivity contribution in [1.29, 1.82) is 0 Å². The Labute approximate surface area is 123 Å². The molecule has 1 saturated carbocycles. The third-order valence-electron chi connectivity index (χ3n) is 3.70. The maximum atomic E-state index is 13.4. The average molecular weight is 323 g/mol. The van der Waals surface area contributed by atoms with Crippen molar-refractivity contribution in [2.75, 3.05) is 5.88 Å². The van der Waals surface area contributed by atoms with Gasteiger partial charge in [-0.05, 0) is 25.0 Å². The molecule has 7 heteroatoms. The molecule has 0 aliphatic heterocycles. The van der Waals surface area contributed by atoms with Crippen LogP contribution in [0.25, 0.3) is 11.0 Å². The number of hydrogen-bond donors (Lipinski definition) is 0. The molecule has 0 unspecified atom stereocenters. The lowest BCUT2D eigenvalue weighted by Crippen LogP contribution is -2.36. The Bertz CT molecular complexity index is 659. The van der Waals surface area contributed by atoms with Gasteiger partial charge in [0.25, 0.3) is 0 Å². The van der Waals surface area contributed by atoms with Gasteiger partial charge in [0.2, 0.25) is 0 Å². The van der Waals surface area contributed by atoms with Crippen LogP contribution in [0.4, 0.5) is 13.2 Å². The second kappa shape index (κ2) is 4.53. The number of alkyl halides is 4. The molecule has 0 atom stereocenters. The van der Waals surface area contributed by atoms with E-state index in [1.165, 1.54) is 4.57 Å². The van der Waals surface area contributed by atoms with E-state index >= 15 is 0 Å². The topological polar surface area (TPSA) is 17.8 Å². The van der Waals surface area contributed by atoms with Crippen LogP contribution < -0.4 is 0 Å². The SMILES string of the molecule is FC(F)(F)C1(n2c(CCCl)nc3c(Cl)cccc32)CC1. The molecular weight excluding hydrogens is 312 g/mol. The number of aryl methyl sites for hydroxylation is 1. The van der Waals surface area contributed by atoms with Gasteiger partial charge in [0.1, 0.15) is 16.9 Å². The molecule has 2 nitrogen and oxygen atoms in total. The molecule has 1 aliphatic rings. The van der Waals surface area contributed by atoms with Crippen molar-refractivity contribution < 1.29 is 13.2 Å². The zero-order chi connectivity index (χ0) is 14.5. The van der Waals surface area contributed by atoms with Crippen molar-refractivity contribution in [2.24, 2.45) is 0 Å².